The third-order valence-corrected chi connectivity index (χ3v) is 3.01. The predicted molar refractivity (Wildman–Crippen MR) is 65.3 cm³/mol. The molecule has 0 saturated carbocycles. The SMILES string of the molecule is O=Cc1ccc2c(c1)N(CCCO[N+](=O)[O-])CC2. The molecule has 0 aliphatic carbocycles. The van der Waals surface area contributed by atoms with Gasteiger partial charge in [0.1, 0.15) is 6.29 Å². The van der Waals surface area contributed by atoms with E-state index in [1.165, 1.54) is 5.56 Å². The van der Waals surface area contributed by atoms with Gasteiger partial charge in [-0.05, 0) is 24.5 Å². The van der Waals surface area contributed by atoms with Crippen LogP contribution in [0.1, 0.15) is 22.3 Å². The van der Waals surface area contributed by atoms with E-state index >= 15 is 0 Å². The van der Waals surface area contributed by atoms with Crippen LogP contribution < -0.4 is 4.90 Å². The number of hydrogen-bond donors (Lipinski definition) is 0. The number of fused-ring (bicyclic) bond motifs is 1. The molecule has 0 unspecified atom stereocenters. The van der Waals surface area contributed by atoms with Crippen molar-refractivity contribution in [2.75, 3.05) is 24.6 Å². The number of carbonyl (C=O) groups is 1. The highest BCUT2D eigenvalue weighted by Gasteiger charge is 2.18. The Morgan fingerprint density at radius 2 is 2.33 bits per heavy atom. The van der Waals surface area contributed by atoms with Gasteiger partial charge in [0.2, 0.25) is 0 Å². The molecule has 6 nitrogen and oxygen atoms in total. The minimum absolute atomic E-state index is 0.103. The zero-order valence-electron chi connectivity index (χ0n) is 9.87. The van der Waals surface area contributed by atoms with Crippen molar-refractivity contribution in [3.8, 4) is 0 Å². The maximum atomic E-state index is 10.7. The Balaban J connectivity index is 1.93. The van der Waals surface area contributed by atoms with E-state index in [1.807, 2.05) is 18.2 Å². The molecule has 0 spiro atoms. The number of nitrogens with zero attached hydrogens (tertiary/aromatic N) is 2. The summed E-state index contributed by atoms with van der Waals surface area (Å²) < 4.78 is 0. The van der Waals surface area contributed by atoms with E-state index in [1.54, 1.807) is 0 Å². The van der Waals surface area contributed by atoms with Crippen molar-refractivity contribution in [3.63, 3.8) is 0 Å². The average Bonchev–Trinajstić information content (AvgIpc) is 2.76. The van der Waals surface area contributed by atoms with Crippen LogP contribution in [0.4, 0.5) is 5.69 Å². The molecule has 6 heteroatoms. The van der Waals surface area contributed by atoms with Crippen LogP contribution in [0, 0.1) is 10.1 Å². The summed E-state index contributed by atoms with van der Waals surface area (Å²) in [5.41, 5.74) is 2.93. The summed E-state index contributed by atoms with van der Waals surface area (Å²) in [4.78, 5) is 27.1. The molecule has 0 N–H and O–H groups in total. The zero-order chi connectivity index (χ0) is 13.0. The highest BCUT2D eigenvalue weighted by atomic mass is 16.9. The van der Waals surface area contributed by atoms with Crippen molar-refractivity contribution in [3.05, 3.63) is 39.4 Å². The first-order valence-electron chi connectivity index (χ1n) is 5.81. The number of aldehydes is 1. The maximum absolute atomic E-state index is 10.7. The fourth-order valence-electron chi connectivity index (χ4n) is 2.16. The van der Waals surface area contributed by atoms with Gasteiger partial charge in [0, 0.05) is 24.3 Å². The predicted octanol–water partition coefficient (Wildman–Crippen LogP) is 1.46. The van der Waals surface area contributed by atoms with Crippen LogP contribution in [0.2, 0.25) is 0 Å². The lowest BCUT2D eigenvalue weighted by Gasteiger charge is -2.19. The van der Waals surface area contributed by atoms with E-state index in [0.717, 1.165) is 24.9 Å². The van der Waals surface area contributed by atoms with E-state index in [-0.39, 0.29) is 6.61 Å². The highest BCUT2D eigenvalue weighted by molar-refractivity contribution is 5.78. The number of benzene rings is 1. The normalized spacial score (nSPS) is 13.2. The van der Waals surface area contributed by atoms with Gasteiger partial charge >= 0.3 is 0 Å². The molecule has 2 rings (SSSR count). The Bertz CT molecular complexity index is 461. The summed E-state index contributed by atoms with van der Waals surface area (Å²) >= 11 is 0. The molecule has 1 heterocycles. The molecule has 1 aliphatic heterocycles. The van der Waals surface area contributed by atoms with Gasteiger partial charge in [0.05, 0.1) is 6.61 Å². The molecule has 1 aromatic carbocycles. The largest absolute Gasteiger partial charge is 0.371 e. The van der Waals surface area contributed by atoms with Crippen LogP contribution in [0.25, 0.3) is 0 Å². The molecular formula is C12H14N2O4. The smallest absolute Gasteiger partial charge is 0.294 e. The van der Waals surface area contributed by atoms with Crippen molar-refractivity contribution in [1.82, 2.24) is 0 Å². The molecular weight excluding hydrogens is 236 g/mol. The molecule has 1 aliphatic rings. The Hall–Kier alpha value is -2.11. The third kappa shape index (κ3) is 2.77. The van der Waals surface area contributed by atoms with Gasteiger partial charge in [-0.3, -0.25) is 4.79 Å². The third-order valence-electron chi connectivity index (χ3n) is 3.01. The summed E-state index contributed by atoms with van der Waals surface area (Å²) in [7, 11) is 0. The van der Waals surface area contributed by atoms with Gasteiger partial charge in [0.25, 0.3) is 5.09 Å². The number of carbonyl (C=O) groups excluding carboxylic acids is 1. The quantitative estimate of drug-likeness (QED) is 0.331. The fourth-order valence-corrected chi connectivity index (χ4v) is 2.16. The first-order chi connectivity index (χ1) is 8.70. The molecule has 0 amide bonds. The summed E-state index contributed by atoms with van der Waals surface area (Å²) in [5, 5.41) is 9.23. The highest BCUT2D eigenvalue weighted by Crippen LogP contribution is 2.28. The van der Waals surface area contributed by atoms with Crippen LogP contribution in [0.3, 0.4) is 0 Å². The Labute approximate surface area is 104 Å². The Kier molecular flexibility index (Phi) is 3.76. The minimum atomic E-state index is -0.775. The van der Waals surface area contributed by atoms with Crippen molar-refractivity contribution in [1.29, 1.82) is 0 Å². The number of rotatable bonds is 6. The van der Waals surface area contributed by atoms with E-state index in [4.69, 9.17) is 0 Å². The molecule has 18 heavy (non-hydrogen) atoms. The topological polar surface area (TPSA) is 72.7 Å². The lowest BCUT2D eigenvalue weighted by Crippen LogP contribution is -2.23. The molecule has 96 valence electrons. The molecule has 0 aromatic heterocycles. The van der Waals surface area contributed by atoms with Gasteiger partial charge in [0.15, 0.2) is 0 Å². The number of hydrogen-bond acceptors (Lipinski definition) is 5. The lowest BCUT2D eigenvalue weighted by molar-refractivity contribution is -0.757. The molecule has 1 aromatic rings. The second-order valence-corrected chi connectivity index (χ2v) is 4.15. The summed E-state index contributed by atoms with van der Waals surface area (Å²) in [6.07, 6.45) is 2.36. The number of anilines is 1. The van der Waals surface area contributed by atoms with Crippen LogP contribution in [0.5, 0.6) is 0 Å². The molecule has 0 atom stereocenters. The summed E-state index contributed by atoms with van der Waals surface area (Å²) in [5.74, 6) is 0. The van der Waals surface area contributed by atoms with Gasteiger partial charge in [-0.1, -0.05) is 12.1 Å². The van der Waals surface area contributed by atoms with Crippen molar-refractivity contribution in [2.45, 2.75) is 12.8 Å². The van der Waals surface area contributed by atoms with Crippen molar-refractivity contribution in [2.24, 2.45) is 0 Å². The van der Waals surface area contributed by atoms with E-state index in [2.05, 4.69) is 9.74 Å². The Morgan fingerprint density at radius 1 is 1.50 bits per heavy atom. The van der Waals surface area contributed by atoms with Crippen molar-refractivity contribution < 1.29 is 14.7 Å². The zero-order valence-corrected chi connectivity index (χ0v) is 9.87. The fraction of sp³-hybridized carbons (Fsp3) is 0.417. The maximum Gasteiger partial charge on any atom is 0.294 e. The standard InChI is InChI=1S/C12H14N2O4/c15-9-10-2-3-11-4-6-13(12(11)8-10)5-1-7-18-14(16)17/h2-3,8-9H,1,4-7H2. The summed E-state index contributed by atoms with van der Waals surface area (Å²) in [6, 6.07) is 5.64. The monoisotopic (exact) mass is 250 g/mol. The summed E-state index contributed by atoms with van der Waals surface area (Å²) in [6.45, 7) is 1.69. The Morgan fingerprint density at radius 3 is 3.06 bits per heavy atom. The average molecular weight is 250 g/mol. The van der Waals surface area contributed by atoms with Crippen LogP contribution >= 0.6 is 0 Å². The molecule has 0 bridgehead atoms. The lowest BCUT2D eigenvalue weighted by atomic mass is 10.1. The van der Waals surface area contributed by atoms with Gasteiger partial charge in [-0.2, -0.15) is 0 Å². The van der Waals surface area contributed by atoms with Crippen molar-refractivity contribution >= 4 is 12.0 Å². The molecule has 0 saturated heterocycles. The molecule has 0 fully saturated rings. The van der Waals surface area contributed by atoms with Gasteiger partial charge in [-0.25, -0.2) is 0 Å². The van der Waals surface area contributed by atoms with E-state index < -0.39 is 5.09 Å². The van der Waals surface area contributed by atoms with Gasteiger partial charge in [-0.15, -0.1) is 10.1 Å². The first kappa shape index (κ1) is 12.3. The van der Waals surface area contributed by atoms with Crippen LogP contribution in [-0.4, -0.2) is 31.1 Å². The first-order valence-corrected chi connectivity index (χ1v) is 5.81. The van der Waals surface area contributed by atoms with E-state index in [9.17, 15) is 14.9 Å². The van der Waals surface area contributed by atoms with Gasteiger partial charge < -0.3 is 9.74 Å². The van der Waals surface area contributed by atoms with E-state index in [0.29, 0.717) is 18.5 Å². The van der Waals surface area contributed by atoms with Crippen LogP contribution in [-0.2, 0) is 11.3 Å². The van der Waals surface area contributed by atoms with Crippen LogP contribution in [0.15, 0.2) is 18.2 Å². The minimum Gasteiger partial charge on any atom is -0.371 e. The second kappa shape index (κ2) is 5.48. The molecule has 0 radical (unpaired) electrons. The second-order valence-electron chi connectivity index (χ2n) is 4.15.